The third-order valence-corrected chi connectivity index (χ3v) is 4.27. The SMILES string of the molecule is CN=C(NCCSC)NCc1cccc(C(=O)OCc2ccccc2)c1.I. The van der Waals surface area contributed by atoms with Crippen molar-refractivity contribution in [2.75, 3.05) is 25.6 Å². The van der Waals surface area contributed by atoms with E-state index in [0.717, 1.165) is 29.4 Å². The number of aliphatic imine (C=N–C) groups is 1. The summed E-state index contributed by atoms with van der Waals surface area (Å²) in [6, 6.07) is 17.1. The topological polar surface area (TPSA) is 62.7 Å². The summed E-state index contributed by atoms with van der Waals surface area (Å²) in [5, 5.41) is 6.49. The van der Waals surface area contributed by atoms with Gasteiger partial charge in [0, 0.05) is 25.9 Å². The van der Waals surface area contributed by atoms with Crippen molar-refractivity contribution in [2.45, 2.75) is 13.2 Å². The van der Waals surface area contributed by atoms with Crippen molar-refractivity contribution in [1.29, 1.82) is 0 Å². The summed E-state index contributed by atoms with van der Waals surface area (Å²) in [5.41, 5.74) is 2.51. The summed E-state index contributed by atoms with van der Waals surface area (Å²) in [4.78, 5) is 16.4. The fraction of sp³-hybridized carbons (Fsp3) is 0.300. The molecule has 0 saturated carbocycles. The molecule has 5 nitrogen and oxygen atoms in total. The van der Waals surface area contributed by atoms with Gasteiger partial charge in [-0.15, -0.1) is 24.0 Å². The molecule has 0 aliphatic rings. The minimum Gasteiger partial charge on any atom is -0.457 e. The largest absolute Gasteiger partial charge is 0.457 e. The van der Waals surface area contributed by atoms with Crippen LogP contribution in [0.5, 0.6) is 0 Å². The quantitative estimate of drug-likeness (QED) is 0.191. The number of esters is 1. The molecule has 0 heterocycles. The summed E-state index contributed by atoms with van der Waals surface area (Å²) >= 11 is 1.78. The minimum absolute atomic E-state index is 0. The maximum absolute atomic E-state index is 12.3. The number of ether oxygens (including phenoxy) is 1. The minimum atomic E-state index is -0.321. The number of hydrogen-bond donors (Lipinski definition) is 2. The molecule has 27 heavy (non-hydrogen) atoms. The first kappa shape index (κ1) is 23.3. The Balaban J connectivity index is 0.00000364. The maximum Gasteiger partial charge on any atom is 0.338 e. The van der Waals surface area contributed by atoms with Crippen LogP contribution in [0, 0.1) is 0 Å². The Hall–Kier alpha value is -1.74. The second kappa shape index (κ2) is 13.4. The Bertz CT molecular complexity index is 726. The van der Waals surface area contributed by atoms with Gasteiger partial charge in [0.05, 0.1) is 5.56 Å². The molecule has 0 unspecified atom stereocenters. The van der Waals surface area contributed by atoms with E-state index in [4.69, 9.17) is 4.74 Å². The van der Waals surface area contributed by atoms with Crippen molar-refractivity contribution >= 4 is 47.7 Å². The molecule has 0 aliphatic heterocycles. The van der Waals surface area contributed by atoms with E-state index in [1.807, 2.05) is 48.5 Å². The molecule has 2 N–H and O–H groups in total. The van der Waals surface area contributed by atoms with Crippen LogP contribution in [0.15, 0.2) is 59.6 Å². The van der Waals surface area contributed by atoms with Gasteiger partial charge in [-0.1, -0.05) is 42.5 Å². The standard InChI is InChI=1S/C20H25N3O2S.HI/c1-21-20(22-11-12-26-2)23-14-17-9-6-10-18(13-17)19(24)25-15-16-7-4-3-5-8-16;/h3-10,13H,11-12,14-15H2,1-2H3,(H2,21,22,23);1H. The Kier molecular flexibility index (Phi) is 11.6. The van der Waals surface area contributed by atoms with Gasteiger partial charge in [-0.25, -0.2) is 4.79 Å². The van der Waals surface area contributed by atoms with Gasteiger partial charge in [0.15, 0.2) is 5.96 Å². The zero-order valence-electron chi connectivity index (χ0n) is 15.6. The van der Waals surface area contributed by atoms with E-state index in [1.165, 1.54) is 0 Å². The van der Waals surface area contributed by atoms with Crippen molar-refractivity contribution in [1.82, 2.24) is 10.6 Å². The number of nitrogens with one attached hydrogen (secondary N) is 2. The second-order valence-electron chi connectivity index (χ2n) is 5.61. The lowest BCUT2D eigenvalue weighted by molar-refractivity contribution is 0.0472. The van der Waals surface area contributed by atoms with Crippen LogP contribution in [0.1, 0.15) is 21.5 Å². The lowest BCUT2D eigenvalue weighted by atomic mass is 10.1. The van der Waals surface area contributed by atoms with Gasteiger partial charge in [0.2, 0.25) is 0 Å². The maximum atomic E-state index is 12.3. The monoisotopic (exact) mass is 499 g/mol. The van der Waals surface area contributed by atoms with E-state index in [1.54, 1.807) is 24.9 Å². The third kappa shape index (κ3) is 8.66. The van der Waals surface area contributed by atoms with Crippen LogP contribution in [-0.2, 0) is 17.9 Å². The van der Waals surface area contributed by atoms with E-state index in [-0.39, 0.29) is 36.6 Å². The average Bonchev–Trinajstić information content (AvgIpc) is 2.69. The molecule has 0 aliphatic carbocycles. The molecule has 0 bridgehead atoms. The summed E-state index contributed by atoms with van der Waals surface area (Å²) in [5.74, 6) is 1.44. The number of nitrogens with zero attached hydrogens (tertiary/aromatic N) is 1. The highest BCUT2D eigenvalue weighted by molar-refractivity contribution is 14.0. The van der Waals surface area contributed by atoms with Crippen LogP contribution in [-0.4, -0.2) is 37.5 Å². The number of halogens is 1. The first-order chi connectivity index (χ1) is 12.7. The lowest BCUT2D eigenvalue weighted by Gasteiger charge is -2.12. The fourth-order valence-electron chi connectivity index (χ4n) is 2.29. The predicted octanol–water partition coefficient (Wildman–Crippen LogP) is 3.69. The van der Waals surface area contributed by atoms with Crippen molar-refractivity contribution in [3.05, 3.63) is 71.3 Å². The second-order valence-corrected chi connectivity index (χ2v) is 6.59. The molecule has 0 radical (unpaired) electrons. The van der Waals surface area contributed by atoms with Crippen LogP contribution < -0.4 is 10.6 Å². The smallest absolute Gasteiger partial charge is 0.338 e. The number of thioether (sulfide) groups is 1. The Labute approximate surface area is 182 Å². The number of hydrogen-bond acceptors (Lipinski definition) is 4. The van der Waals surface area contributed by atoms with Gasteiger partial charge in [-0.05, 0) is 29.5 Å². The lowest BCUT2D eigenvalue weighted by Crippen LogP contribution is -2.37. The zero-order valence-corrected chi connectivity index (χ0v) is 18.8. The molecule has 2 rings (SSSR count). The first-order valence-corrected chi connectivity index (χ1v) is 9.85. The van der Waals surface area contributed by atoms with E-state index in [0.29, 0.717) is 12.1 Å². The summed E-state index contributed by atoms with van der Waals surface area (Å²) in [6.07, 6.45) is 2.07. The average molecular weight is 499 g/mol. The summed E-state index contributed by atoms with van der Waals surface area (Å²) in [6.45, 7) is 1.71. The predicted molar refractivity (Wildman–Crippen MR) is 124 cm³/mol. The van der Waals surface area contributed by atoms with E-state index in [2.05, 4.69) is 21.9 Å². The van der Waals surface area contributed by atoms with E-state index < -0.39 is 0 Å². The molecular formula is C20H26IN3O2S. The molecule has 2 aromatic carbocycles. The van der Waals surface area contributed by atoms with Gasteiger partial charge < -0.3 is 15.4 Å². The molecule has 0 fully saturated rings. The van der Waals surface area contributed by atoms with Gasteiger partial charge in [0.1, 0.15) is 6.61 Å². The van der Waals surface area contributed by atoms with Gasteiger partial charge in [-0.2, -0.15) is 11.8 Å². The summed E-state index contributed by atoms with van der Waals surface area (Å²) < 4.78 is 5.38. The highest BCUT2D eigenvalue weighted by Crippen LogP contribution is 2.09. The number of rotatable bonds is 8. The molecular weight excluding hydrogens is 473 g/mol. The number of benzene rings is 2. The van der Waals surface area contributed by atoms with E-state index >= 15 is 0 Å². The molecule has 0 aromatic heterocycles. The van der Waals surface area contributed by atoms with Crippen molar-refractivity contribution < 1.29 is 9.53 Å². The zero-order chi connectivity index (χ0) is 18.6. The van der Waals surface area contributed by atoms with Gasteiger partial charge >= 0.3 is 5.97 Å². The van der Waals surface area contributed by atoms with Crippen LogP contribution in [0.25, 0.3) is 0 Å². The van der Waals surface area contributed by atoms with Gasteiger partial charge in [-0.3, -0.25) is 4.99 Å². The summed E-state index contributed by atoms with van der Waals surface area (Å²) in [7, 11) is 1.74. The molecule has 0 amide bonds. The normalized spacial score (nSPS) is 10.7. The number of carbonyl (C=O) groups is 1. The van der Waals surface area contributed by atoms with Gasteiger partial charge in [0.25, 0.3) is 0 Å². The highest BCUT2D eigenvalue weighted by Gasteiger charge is 2.08. The molecule has 0 saturated heterocycles. The van der Waals surface area contributed by atoms with Crippen LogP contribution in [0.3, 0.4) is 0 Å². The highest BCUT2D eigenvalue weighted by atomic mass is 127. The van der Waals surface area contributed by atoms with Crippen molar-refractivity contribution in [2.24, 2.45) is 4.99 Å². The molecule has 2 aromatic rings. The third-order valence-electron chi connectivity index (χ3n) is 3.66. The van der Waals surface area contributed by atoms with Crippen molar-refractivity contribution in [3.8, 4) is 0 Å². The Morgan fingerprint density at radius 2 is 1.81 bits per heavy atom. The number of carbonyl (C=O) groups excluding carboxylic acids is 1. The fourth-order valence-corrected chi connectivity index (χ4v) is 2.60. The Morgan fingerprint density at radius 1 is 1.07 bits per heavy atom. The molecule has 7 heteroatoms. The molecule has 0 atom stereocenters. The molecule has 0 spiro atoms. The van der Waals surface area contributed by atoms with Crippen LogP contribution >= 0.6 is 35.7 Å². The van der Waals surface area contributed by atoms with Crippen molar-refractivity contribution in [3.63, 3.8) is 0 Å². The first-order valence-electron chi connectivity index (χ1n) is 8.46. The van der Waals surface area contributed by atoms with Crippen LogP contribution in [0.4, 0.5) is 0 Å². The van der Waals surface area contributed by atoms with Crippen LogP contribution in [0.2, 0.25) is 0 Å². The Morgan fingerprint density at radius 3 is 2.52 bits per heavy atom. The van der Waals surface area contributed by atoms with E-state index in [9.17, 15) is 4.79 Å². The number of guanidine groups is 1. The molecule has 146 valence electrons.